The van der Waals surface area contributed by atoms with Gasteiger partial charge in [-0.05, 0) is 43.9 Å². The van der Waals surface area contributed by atoms with Crippen LogP contribution in [0.5, 0.6) is 0 Å². The lowest BCUT2D eigenvalue weighted by molar-refractivity contribution is -0.138. The average molecular weight is 382 g/mol. The first-order valence-electron chi connectivity index (χ1n) is 8.87. The molecule has 0 saturated carbocycles. The second-order valence-electron chi connectivity index (χ2n) is 7.18. The van der Waals surface area contributed by atoms with Crippen molar-refractivity contribution in [1.82, 2.24) is 9.62 Å². The first-order chi connectivity index (χ1) is 12.3. The van der Waals surface area contributed by atoms with Crippen LogP contribution >= 0.6 is 0 Å². The number of nitrogens with zero attached hydrogens (tertiary/aromatic N) is 1. The van der Waals surface area contributed by atoms with Crippen LogP contribution in [-0.2, 0) is 19.5 Å². The molecule has 1 spiro atoms. The number of hydrogen-bond donors (Lipinski definition) is 1. The molecule has 2 fully saturated rings. The number of sulfonamides is 1. The van der Waals surface area contributed by atoms with Gasteiger partial charge in [0.05, 0.1) is 10.5 Å². The maximum atomic E-state index is 12.8. The summed E-state index contributed by atoms with van der Waals surface area (Å²) in [5.74, 6) is -0.228. The molecule has 26 heavy (non-hydrogen) atoms. The van der Waals surface area contributed by atoms with E-state index in [1.54, 1.807) is 26.2 Å². The van der Waals surface area contributed by atoms with Crippen molar-refractivity contribution in [2.45, 2.75) is 42.2 Å². The number of carbonyl (C=O) groups is 1. The Morgan fingerprint density at radius 1 is 1.23 bits per heavy atom. The Morgan fingerprint density at radius 3 is 2.65 bits per heavy atom. The molecule has 7 nitrogen and oxygen atoms in total. The van der Waals surface area contributed by atoms with Crippen LogP contribution in [0.4, 0.5) is 0 Å². The lowest BCUT2D eigenvalue weighted by Gasteiger charge is -2.43. The van der Waals surface area contributed by atoms with Gasteiger partial charge in [-0.3, -0.25) is 4.79 Å². The van der Waals surface area contributed by atoms with Gasteiger partial charge in [-0.1, -0.05) is 6.07 Å². The molecular formula is C18H26N2O5S. The first kappa shape index (κ1) is 19.3. The average Bonchev–Trinajstić information content (AvgIpc) is 2.61. The summed E-state index contributed by atoms with van der Waals surface area (Å²) in [6.07, 6.45) is 2.86. The van der Waals surface area contributed by atoms with Crippen molar-refractivity contribution in [3.8, 4) is 0 Å². The number of rotatable bonds is 4. The van der Waals surface area contributed by atoms with Crippen molar-refractivity contribution in [1.29, 1.82) is 0 Å². The Labute approximate surface area is 154 Å². The summed E-state index contributed by atoms with van der Waals surface area (Å²) < 4.78 is 39.8. The molecule has 1 atom stereocenters. The molecule has 0 radical (unpaired) electrons. The topological polar surface area (TPSA) is 84.9 Å². The predicted octanol–water partition coefficient (Wildman–Crippen LogP) is 1.39. The number of carbonyl (C=O) groups excluding carboxylic acids is 1. The van der Waals surface area contributed by atoms with Crippen molar-refractivity contribution in [3.63, 3.8) is 0 Å². The zero-order valence-corrected chi connectivity index (χ0v) is 16.0. The summed E-state index contributed by atoms with van der Waals surface area (Å²) in [6.45, 7) is 1.83. The maximum Gasteiger partial charge on any atom is 0.253 e. The van der Waals surface area contributed by atoms with Gasteiger partial charge in [-0.25, -0.2) is 13.1 Å². The van der Waals surface area contributed by atoms with Gasteiger partial charge in [0.2, 0.25) is 10.0 Å². The maximum absolute atomic E-state index is 12.8. The Balaban J connectivity index is 1.74. The highest BCUT2D eigenvalue weighted by Gasteiger charge is 2.40. The van der Waals surface area contributed by atoms with Gasteiger partial charge in [0, 0.05) is 45.5 Å². The summed E-state index contributed by atoms with van der Waals surface area (Å²) in [6, 6.07) is 5.97. The fraction of sp³-hybridized carbons (Fsp3) is 0.611. The van der Waals surface area contributed by atoms with Crippen LogP contribution in [0.25, 0.3) is 0 Å². The summed E-state index contributed by atoms with van der Waals surface area (Å²) in [5.41, 5.74) is 0.0673. The highest BCUT2D eigenvalue weighted by molar-refractivity contribution is 7.89. The van der Waals surface area contributed by atoms with E-state index in [1.165, 1.54) is 17.0 Å². The minimum absolute atomic E-state index is 0.109. The van der Waals surface area contributed by atoms with Gasteiger partial charge < -0.3 is 14.4 Å². The molecule has 1 amide bonds. The van der Waals surface area contributed by atoms with E-state index in [2.05, 4.69) is 4.72 Å². The molecule has 1 aromatic rings. The monoisotopic (exact) mass is 382 g/mol. The van der Waals surface area contributed by atoms with Gasteiger partial charge in [-0.15, -0.1) is 0 Å². The van der Waals surface area contributed by atoms with Gasteiger partial charge in [0.25, 0.3) is 5.91 Å². The molecule has 1 aromatic carbocycles. The molecule has 8 heteroatoms. The highest BCUT2D eigenvalue weighted by atomic mass is 32.2. The molecule has 0 aliphatic carbocycles. The van der Waals surface area contributed by atoms with Crippen LogP contribution in [0.3, 0.4) is 0 Å². The first-order valence-corrected chi connectivity index (χ1v) is 10.4. The van der Waals surface area contributed by atoms with Crippen molar-refractivity contribution in [3.05, 3.63) is 29.8 Å². The lowest BCUT2D eigenvalue weighted by Crippen LogP contribution is -2.50. The van der Waals surface area contributed by atoms with Crippen LogP contribution < -0.4 is 4.72 Å². The quantitative estimate of drug-likeness (QED) is 0.851. The number of amides is 1. The van der Waals surface area contributed by atoms with E-state index in [0.29, 0.717) is 38.2 Å². The van der Waals surface area contributed by atoms with Crippen LogP contribution in [-0.4, -0.2) is 64.8 Å². The largest absolute Gasteiger partial charge is 0.381 e. The molecule has 2 saturated heterocycles. The Kier molecular flexibility index (Phi) is 5.67. The number of nitrogens with one attached hydrogen (secondary N) is 1. The summed E-state index contributed by atoms with van der Waals surface area (Å²) in [4.78, 5) is 13.6. The molecule has 0 bridgehead atoms. The Morgan fingerprint density at radius 2 is 1.96 bits per heavy atom. The smallest absolute Gasteiger partial charge is 0.253 e. The van der Waals surface area contributed by atoms with Gasteiger partial charge in [0.1, 0.15) is 0 Å². The molecule has 3 rings (SSSR count). The van der Waals surface area contributed by atoms with E-state index in [0.717, 1.165) is 12.8 Å². The predicted molar refractivity (Wildman–Crippen MR) is 96.5 cm³/mol. The summed E-state index contributed by atoms with van der Waals surface area (Å²) in [7, 11) is -0.432. The van der Waals surface area contributed by atoms with E-state index in [1.807, 2.05) is 0 Å². The second kappa shape index (κ2) is 7.64. The Bertz CT molecular complexity index is 751. The SMILES string of the molecule is CN(C)C(=O)c1cccc(S(=O)(=O)NC2CCOC3(CCOCC3)C2)c1. The fourth-order valence-electron chi connectivity index (χ4n) is 3.56. The van der Waals surface area contributed by atoms with E-state index in [4.69, 9.17) is 9.47 Å². The number of benzene rings is 1. The zero-order chi connectivity index (χ0) is 18.8. The molecule has 1 N–H and O–H groups in total. The van der Waals surface area contributed by atoms with Crippen LogP contribution in [0.15, 0.2) is 29.2 Å². The fourth-order valence-corrected chi connectivity index (χ4v) is 4.88. The van der Waals surface area contributed by atoms with E-state index in [-0.39, 0.29) is 22.4 Å². The van der Waals surface area contributed by atoms with E-state index >= 15 is 0 Å². The van der Waals surface area contributed by atoms with E-state index in [9.17, 15) is 13.2 Å². The molecule has 2 heterocycles. The molecule has 2 aliphatic rings. The summed E-state index contributed by atoms with van der Waals surface area (Å²) in [5, 5.41) is 0. The molecular weight excluding hydrogens is 356 g/mol. The van der Waals surface area contributed by atoms with Crippen molar-refractivity contribution < 1.29 is 22.7 Å². The van der Waals surface area contributed by atoms with E-state index < -0.39 is 10.0 Å². The van der Waals surface area contributed by atoms with Gasteiger partial charge in [0.15, 0.2) is 0 Å². The van der Waals surface area contributed by atoms with Crippen LogP contribution in [0, 0.1) is 0 Å². The van der Waals surface area contributed by atoms with Gasteiger partial charge >= 0.3 is 0 Å². The lowest BCUT2D eigenvalue weighted by atomic mass is 9.84. The second-order valence-corrected chi connectivity index (χ2v) is 8.90. The third-order valence-electron chi connectivity index (χ3n) is 5.02. The highest BCUT2D eigenvalue weighted by Crippen LogP contribution is 2.34. The molecule has 1 unspecified atom stereocenters. The standard InChI is InChI=1S/C18H26N2O5S/c1-20(2)17(21)14-4-3-5-16(12-14)26(22,23)19-15-6-9-25-18(13-15)7-10-24-11-8-18/h3-5,12,15,19H,6-11,13H2,1-2H3. The Hall–Kier alpha value is -1.48. The number of ether oxygens (including phenoxy) is 2. The molecule has 2 aliphatic heterocycles. The molecule has 144 valence electrons. The zero-order valence-electron chi connectivity index (χ0n) is 15.2. The minimum atomic E-state index is -3.70. The van der Waals surface area contributed by atoms with Gasteiger partial charge in [-0.2, -0.15) is 0 Å². The van der Waals surface area contributed by atoms with Crippen molar-refractivity contribution in [2.75, 3.05) is 33.9 Å². The third kappa shape index (κ3) is 4.25. The van der Waals surface area contributed by atoms with Crippen LogP contribution in [0.1, 0.15) is 36.0 Å². The third-order valence-corrected chi connectivity index (χ3v) is 6.53. The van der Waals surface area contributed by atoms with Crippen LogP contribution in [0.2, 0.25) is 0 Å². The number of hydrogen-bond acceptors (Lipinski definition) is 5. The molecule has 0 aromatic heterocycles. The van der Waals surface area contributed by atoms with Crippen molar-refractivity contribution >= 4 is 15.9 Å². The van der Waals surface area contributed by atoms with Crippen molar-refractivity contribution in [2.24, 2.45) is 0 Å². The normalized spacial score (nSPS) is 22.9. The summed E-state index contributed by atoms with van der Waals surface area (Å²) >= 11 is 0. The minimum Gasteiger partial charge on any atom is -0.381 e.